The highest BCUT2D eigenvalue weighted by Crippen LogP contribution is 2.29. The maximum Gasteiger partial charge on any atom is 0.256 e. The fraction of sp³-hybridized carbons (Fsp3) is 0.533. The molecule has 98 valence electrons. The zero-order valence-electron chi connectivity index (χ0n) is 11.4. The monoisotopic (exact) mass is 246 g/mol. The number of carbonyl (C=O) groups excluding carboxylic acids is 1. The molecule has 0 bridgehead atoms. The van der Waals surface area contributed by atoms with E-state index in [4.69, 9.17) is 0 Å². The summed E-state index contributed by atoms with van der Waals surface area (Å²) >= 11 is 0. The molecule has 1 aliphatic rings. The molecule has 0 aliphatic carbocycles. The van der Waals surface area contributed by atoms with Gasteiger partial charge in [0.05, 0.1) is 5.56 Å². The number of amides is 1. The second-order valence-electron chi connectivity index (χ2n) is 5.00. The maximum atomic E-state index is 12.7. The van der Waals surface area contributed by atoms with Crippen molar-refractivity contribution in [1.82, 2.24) is 4.90 Å². The zero-order chi connectivity index (χ0) is 13.1. The van der Waals surface area contributed by atoms with Crippen LogP contribution in [0, 0.1) is 0 Å². The lowest BCUT2D eigenvalue weighted by Crippen LogP contribution is -2.39. The Kier molecular flexibility index (Phi) is 3.90. The van der Waals surface area contributed by atoms with Gasteiger partial charge in [0.2, 0.25) is 0 Å². The molecule has 3 heteroatoms. The van der Waals surface area contributed by atoms with Crippen LogP contribution < -0.4 is 5.32 Å². The Balaban J connectivity index is 2.30. The van der Waals surface area contributed by atoms with Crippen LogP contribution in [0.5, 0.6) is 0 Å². The van der Waals surface area contributed by atoms with E-state index in [-0.39, 0.29) is 5.91 Å². The lowest BCUT2D eigenvalue weighted by molar-refractivity contribution is 0.0677. The number of nitrogens with zero attached hydrogens (tertiary/aromatic N) is 1. The minimum atomic E-state index is 0.164. The summed E-state index contributed by atoms with van der Waals surface area (Å²) in [4.78, 5) is 14.8. The predicted molar refractivity (Wildman–Crippen MR) is 74.9 cm³/mol. The summed E-state index contributed by atoms with van der Waals surface area (Å²) < 4.78 is 0. The Labute approximate surface area is 109 Å². The molecule has 3 nitrogen and oxygen atoms in total. The number of rotatable bonds is 3. The SMILES string of the molecule is CCC1CCC(C)N1C(=O)c1ccccc1NC. The van der Waals surface area contributed by atoms with Crippen LogP contribution in [0.1, 0.15) is 43.5 Å². The minimum absolute atomic E-state index is 0.164. The van der Waals surface area contributed by atoms with Gasteiger partial charge in [-0.05, 0) is 38.3 Å². The molecule has 1 fully saturated rings. The first-order valence-corrected chi connectivity index (χ1v) is 6.78. The van der Waals surface area contributed by atoms with Gasteiger partial charge in [0.25, 0.3) is 5.91 Å². The fourth-order valence-corrected chi connectivity index (χ4v) is 2.87. The van der Waals surface area contributed by atoms with Gasteiger partial charge >= 0.3 is 0 Å². The first kappa shape index (κ1) is 12.9. The quantitative estimate of drug-likeness (QED) is 0.888. The molecule has 0 aromatic heterocycles. The van der Waals surface area contributed by atoms with Crippen LogP contribution in [-0.4, -0.2) is 29.9 Å². The van der Waals surface area contributed by atoms with Crippen molar-refractivity contribution in [2.24, 2.45) is 0 Å². The summed E-state index contributed by atoms with van der Waals surface area (Å²) in [5.74, 6) is 0.164. The predicted octanol–water partition coefficient (Wildman–Crippen LogP) is 3.13. The molecule has 1 amide bonds. The number of benzene rings is 1. The molecule has 0 saturated carbocycles. The van der Waals surface area contributed by atoms with E-state index >= 15 is 0 Å². The molecule has 2 unspecified atom stereocenters. The number of nitrogens with one attached hydrogen (secondary N) is 1. The van der Waals surface area contributed by atoms with Gasteiger partial charge in [0, 0.05) is 24.8 Å². The Morgan fingerprint density at radius 2 is 2.11 bits per heavy atom. The summed E-state index contributed by atoms with van der Waals surface area (Å²) in [6, 6.07) is 8.49. The molecule has 1 saturated heterocycles. The van der Waals surface area contributed by atoms with Gasteiger partial charge in [0.1, 0.15) is 0 Å². The van der Waals surface area contributed by atoms with E-state index in [0.29, 0.717) is 12.1 Å². The molecule has 1 aliphatic heterocycles. The van der Waals surface area contributed by atoms with Crippen molar-refractivity contribution in [3.05, 3.63) is 29.8 Å². The summed E-state index contributed by atoms with van der Waals surface area (Å²) in [6.07, 6.45) is 3.29. The average molecular weight is 246 g/mol. The largest absolute Gasteiger partial charge is 0.387 e. The lowest BCUT2D eigenvalue weighted by atomic mass is 10.1. The Bertz CT molecular complexity index is 430. The van der Waals surface area contributed by atoms with Crippen molar-refractivity contribution < 1.29 is 4.79 Å². The van der Waals surface area contributed by atoms with Crippen LogP contribution in [0.4, 0.5) is 5.69 Å². The normalized spacial score (nSPS) is 23.2. The van der Waals surface area contributed by atoms with E-state index in [1.54, 1.807) is 0 Å². The summed E-state index contributed by atoms with van der Waals surface area (Å²) in [5, 5.41) is 3.10. The number of likely N-dealkylation sites (tertiary alicyclic amines) is 1. The van der Waals surface area contributed by atoms with Crippen molar-refractivity contribution in [1.29, 1.82) is 0 Å². The molecule has 0 radical (unpaired) electrons. The third kappa shape index (κ3) is 2.22. The highest BCUT2D eigenvalue weighted by Gasteiger charge is 2.34. The van der Waals surface area contributed by atoms with Gasteiger partial charge in [-0.15, -0.1) is 0 Å². The van der Waals surface area contributed by atoms with Crippen LogP contribution in [-0.2, 0) is 0 Å². The highest BCUT2D eigenvalue weighted by atomic mass is 16.2. The van der Waals surface area contributed by atoms with E-state index in [1.807, 2.05) is 31.3 Å². The van der Waals surface area contributed by atoms with Crippen LogP contribution in [0.3, 0.4) is 0 Å². The Morgan fingerprint density at radius 3 is 2.78 bits per heavy atom. The zero-order valence-corrected chi connectivity index (χ0v) is 11.4. The van der Waals surface area contributed by atoms with Gasteiger partial charge in [0.15, 0.2) is 0 Å². The van der Waals surface area contributed by atoms with Crippen LogP contribution >= 0.6 is 0 Å². The first-order valence-electron chi connectivity index (χ1n) is 6.78. The fourth-order valence-electron chi connectivity index (χ4n) is 2.87. The minimum Gasteiger partial charge on any atom is -0.387 e. The highest BCUT2D eigenvalue weighted by molar-refractivity contribution is 6.00. The maximum absolute atomic E-state index is 12.7. The van der Waals surface area contributed by atoms with Gasteiger partial charge in [-0.1, -0.05) is 19.1 Å². The lowest BCUT2D eigenvalue weighted by Gasteiger charge is -2.28. The molecule has 1 aromatic carbocycles. The second kappa shape index (κ2) is 5.42. The van der Waals surface area contributed by atoms with Crippen molar-refractivity contribution in [2.75, 3.05) is 12.4 Å². The molecular formula is C15H22N2O. The van der Waals surface area contributed by atoms with E-state index < -0.39 is 0 Å². The third-order valence-corrected chi connectivity index (χ3v) is 3.92. The first-order chi connectivity index (χ1) is 8.69. The average Bonchev–Trinajstić information content (AvgIpc) is 2.79. The summed E-state index contributed by atoms with van der Waals surface area (Å²) in [7, 11) is 1.86. The summed E-state index contributed by atoms with van der Waals surface area (Å²) in [5.41, 5.74) is 1.70. The van der Waals surface area contributed by atoms with Gasteiger partial charge in [-0.3, -0.25) is 4.79 Å². The topological polar surface area (TPSA) is 32.3 Å². The van der Waals surface area contributed by atoms with E-state index in [1.165, 1.54) is 0 Å². The van der Waals surface area contributed by atoms with Gasteiger partial charge in [-0.25, -0.2) is 0 Å². The molecule has 2 atom stereocenters. The van der Waals surface area contributed by atoms with Crippen LogP contribution in [0.25, 0.3) is 0 Å². The molecule has 18 heavy (non-hydrogen) atoms. The number of para-hydroxylation sites is 1. The molecule has 1 heterocycles. The van der Waals surface area contributed by atoms with Crippen molar-refractivity contribution >= 4 is 11.6 Å². The van der Waals surface area contributed by atoms with E-state index in [0.717, 1.165) is 30.5 Å². The van der Waals surface area contributed by atoms with Crippen molar-refractivity contribution in [3.8, 4) is 0 Å². The second-order valence-corrected chi connectivity index (χ2v) is 5.00. The number of carbonyl (C=O) groups is 1. The molecule has 1 aromatic rings. The Morgan fingerprint density at radius 1 is 1.39 bits per heavy atom. The van der Waals surface area contributed by atoms with E-state index in [2.05, 4.69) is 24.1 Å². The van der Waals surface area contributed by atoms with Crippen molar-refractivity contribution in [3.63, 3.8) is 0 Å². The number of hydrogen-bond donors (Lipinski definition) is 1. The van der Waals surface area contributed by atoms with Gasteiger partial charge in [-0.2, -0.15) is 0 Å². The number of hydrogen-bond acceptors (Lipinski definition) is 2. The summed E-state index contributed by atoms with van der Waals surface area (Å²) in [6.45, 7) is 4.31. The van der Waals surface area contributed by atoms with Crippen LogP contribution in [0.2, 0.25) is 0 Å². The standard InChI is InChI=1S/C15H22N2O/c1-4-12-10-9-11(2)17(12)15(18)13-7-5-6-8-14(13)16-3/h5-8,11-12,16H,4,9-10H2,1-3H3. The van der Waals surface area contributed by atoms with Gasteiger partial charge < -0.3 is 10.2 Å². The smallest absolute Gasteiger partial charge is 0.256 e. The molecular weight excluding hydrogens is 224 g/mol. The van der Waals surface area contributed by atoms with Crippen LogP contribution in [0.15, 0.2) is 24.3 Å². The van der Waals surface area contributed by atoms with E-state index in [9.17, 15) is 4.79 Å². The molecule has 0 spiro atoms. The molecule has 2 rings (SSSR count). The molecule has 1 N–H and O–H groups in total. The Hall–Kier alpha value is -1.51. The third-order valence-electron chi connectivity index (χ3n) is 3.92. The van der Waals surface area contributed by atoms with Crippen molar-refractivity contribution in [2.45, 2.75) is 45.2 Å². The number of anilines is 1.